The van der Waals surface area contributed by atoms with Gasteiger partial charge in [0.1, 0.15) is 18.1 Å². The fraction of sp³-hybridized carbons (Fsp3) is 0.421. The maximum absolute atomic E-state index is 12.6. The van der Waals surface area contributed by atoms with Gasteiger partial charge in [-0.05, 0) is 6.92 Å². The first-order chi connectivity index (χ1) is 16.1. The lowest BCUT2D eigenvalue weighted by atomic mass is 10.1. The van der Waals surface area contributed by atoms with Gasteiger partial charge in [0.05, 0.1) is 25.1 Å². The SMILES string of the molecule is CC(NC(=O)C(CC(N)=O)NC(=O)C(N)Cc1cnc[nH]1)C(=O)NC(Cc1cnc[nH]1)C(=O)O. The molecule has 0 aliphatic heterocycles. The fourth-order valence-electron chi connectivity index (χ4n) is 2.91. The first-order valence-corrected chi connectivity index (χ1v) is 10.2. The number of nitrogens with one attached hydrogen (secondary N) is 5. The Morgan fingerprint density at radius 2 is 1.47 bits per heavy atom. The Balaban J connectivity index is 1.96. The second-order valence-corrected chi connectivity index (χ2v) is 7.53. The molecule has 0 radical (unpaired) electrons. The van der Waals surface area contributed by atoms with Crippen molar-refractivity contribution < 1.29 is 29.1 Å². The van der Waals surface area contributed by atoms with Crippen molar-refractivity contribution in [3.8, 4) is 0 Å². The van der Waals surface area contributed by atoms with Gasteiger partial charge in [0.2, 0.25) is 23.6 Å². The van der Waals surface area contributed by atoms with E-state index in [1.165, 1.54) is 32.0 Å². The second kappa shape index (κ2) is 12.1. The van der Waals surface area contributed by atoms with Crippen LogP contribution >= 0.6 is 0 Å². The van der Waals surface area contributed by atoms with Gasteiger partial charge in [-0.3, -0.25) is 19.2 Å². The Bertz CT molecular complexity index is 992. The summed E-state index contributed by atoms with van der Waals surface area (Å²) in [5.41, 5.74) is 12.1. The molecule has 2 aromatic heterocycles. The zero-order chi connectivity index (χ0) is 25.3. The molecule has 2 rings (SSSR count). The summed E-state index contributed by atoms with van der Waals surface area (Å²) in [5.74, 6) is -4.54. The molecule has 15 heteroatoms. The number of amides is 4. The number of aliphatic carboxylic acids is 1. The number of carboxylic acids is 1. The number of nitrogens with two attached hydrogens (primary N) is 2. The van der Waals surface area contributed by atoms with Crippen LogP contribution in [0.3, 0.4) is 0 Å². The van der Waals surface area contributed by atoms with Crippen molar-refractivity contribution in [1.29, 1.82) is 0 Å². The summed E-state index contributed by atoms with van der Waals surface area (Å²) in [6.45, 7) is 1.31. The molecule has 4 amide bonds. The van der Waals surface area contributed by atoms with E-state index in [0.717, 1.165) is 0 Å². The van der Waals surface area contributed by atoms with Crippen molar-refractivity contribution in [3.63, 3.8) is 0 Å². The van der Waals surface area contributed by atoms with Gasteiger partial charge in [-0.25, -0.2) is 14.8 Å². The van der Waals surface area contributed by atoms with Crippen molar-refractivity contribution >= 4 is 29.6 Å². The van der Waals surface area contributed by atoms with Gasteiger partial charge in [-0.1, -0.05) is 0 Å². The van der Waals surface area contributed by atoms with E-state index in [9.17, 15) is 29.1 Å². The minimum Gasteiger partial charge on any atom is -0.480 e. The van der Waals surface area contributed by atoms with Crippen LogP contribution in [-0.2, 0) is 36.8 Å². The van der Waals surface area contributed by atoms with Gasteiger partial charge in [-0.15, -0.1) is 0 Å². The molecule has 0 bridgehead atoms. The van der Waals surface area contributed by atoms with Gasteiger partial charge < -0.3 is 42.5 Å². The van der Waals surface area contributed by atoms with E-state index in [1.54, 1.807) is 0 Å². The van der Waals surface area contributed by atoms with E-state index >= 15 is 0 Å². The maximum Gasteiger partial charge on any atom is 0.326 e. The van der Waals surface area contributed by atoms with Gasteiger partial charge in [0.15, 0.2) is 0 Å². The standard InChI is InChI=1S/C19H27N9O6/c1-9(16(30)28-14(19(33)34)3-11-6-23-8-25-11)26-18(32)13(4-15(21)29)27-17(31)12(20)2-10-5-22-7-24-10/h5-9,12-14H,2-4,20H2,1H3,(H2,21,29)(H,22,24)(H,23,25)(H,26,32)(H,27,31)(H,28,30)(H,33,34). The van der Waals surface area contributed by atoms with Gasteiger partial charge in [0, 0.05) is 36.6 Å². The fourth-order valence-corrected chi connectivity index (χ4v) is 2.91. The molecule has 2 aromatic rings. The molecule has 0 aromatic carbocycles. The summed E-state index contributed by atoms with van der Waals surface area (Å²) >= 11 is 0. The molecular formula is C19H27N9O6. The van der Waals surface area contributed by atoms with E-state index in [4.69, 9.17) is 11.5 Å². The Hall–Kier alpha value is -4.27. The number of carboxylic acid groups (broad SMARTS) is 1. The molecule has 0 saturated heterocycles. The van der Waals surface area contributed by atoms with Crippen LogP contribution in [0.2, 0.25) is 0 Å². The summed E-state index contributed by atoms with van der Waals surface area (Å²) in [6, 6.07) is -4.92. The number of H-pyrrole nitrogens is 2. The molecule has 184 valence electrons. The van der Waals surface area contributed by atoms with Crippen molar-refractivity contribution in [2.24, 2.45) is 11.5 Å². The minimum atomic E-state index is -1.40. The molecule has 4 unspecified atom stereocenters. The summed E-state index contributed by atoms with van der Waals surface area (Å²) in [4.78, 5) is 73.5. The number of carbonyl (C=O) groups excluding carboxylic acids is 4. The summed E-state index contributed by atoms with van der Waals surface area (Å²) < 4.78 is 0. The van der Waals surface area contributed by atoms with E-state index < -0.39 is 60.2 Å². The molecule has 4 atom stereocenters. The summed E-state index contributed by atoms with van der Waals surface area (Å²) in [7, 11) is 0. The number of rotatable bonds is 13. The monoisotopic (exact) mass is 477 g/mol. The average Bonchev–Trinajstić information content (AvgIpc) is 3.46. The predicted molar refractivity (Wildman–Crippen MR) is 115 cm³/mol. The van der Waals surface area contributed by atoms with Crippen LogP contribution < -0.4 is 27.4 Å². The number of aromatic nitrogens is 4. The number of imidazole rings is 2. The molecule has 0 saturated carbocycles. The van der Waals surface area contributed by atoms with Crippen molar-refractivity contribution in [2.45, 2.75) is 50.4 Å². The van der Waals surface area contributed by atoms with Crippen molar-refractivity contribution in [3.05, 3.63) is 36.4 Å². The third-order valence-corrected chi connectivity index (χ3v) is 4.72. The molecule has 0 aliphatic carbocycles. The van der Waals surface area contributed by atoms with Crippen LogP contribution in [0.5, 0.6) is 0 Å². The smallest absolute Gasteiger partial charge is 0.326 e. The number of hydrogen-bond donors (Lipinski definition) is 8. The van der Waals surface area contributed by atoms with Gasteiger partial charge >= 0.3 is 5.97 Å². The first kappa shape index (κ1) is 26.0. The summed E-state index contributed by atoms with van der Waals surface area (Å²) in [5, 5.41) is 16.4. The van der Waals surface area contributed by atoms with Crippen LogP contribution in [0.25, 0.3) is 0 Å². The number of aromatic amines is 2. The van der Waals surface area contributed by atoms with Crippen LogP contribution in [0, 0.1) is 0 Å². The highest BCUT2D eigenvalue weighted by atomic mass is 16.4. The Kier molecular flexibility index (Phi) is 9.25. The second-order valence-electron chi connectivity index (χ2n) is 7.53. The average molecular weight is 477 g/mol. The maximum atomic E-state index is 12.6. The minimum absolute atomic E-state index is 0.0592. The Morgan fingerprint density at radius 3 is 1.97 bits per heavy atom. The highest BCUT2D eigenvalue weighted by Crippen LogP contribution is 2.02. The highest BCUT2D eigenvalue weighted by molar-refractivity contribution is 5.96. The lowest BCUT2D eigenvalue weighted by Gasteiger charge is -2.22. The van der Waals surface area contributed by atoms with E-state index in [1.807, 2.05) is 0 Å². The predicted octanol–water partition coefficient (Wildman–Crippen LogP) is -3.32. The summed E-state index contributed by atoms with van der Waals surface area (Å²) in [6.07, 6.45) is 5.19. The van der Waals surface area contributed by atoms with E-state index in [0.29, 0.717) is 11.4 Å². The van der Waals surface area contributed by atoms with Gasteiger partial charge in [0.25, 0.3) is 0 Å². The topological polar surface area (TPSA) is 251 Å². The normalized spacial score (nSPS) is 14.3. The molecule has 15 nitrogen and oxygen atoms in total. The highest BCUT2D eigenvalue weighted by Gasteiger charge is 2.29. The lowest BCUT2D eigenvalue weighted by molar-refractivity contribution is -0.142. The quantitative estimate of drug-likeness (QED) is 0.143. The molecule has 2 heterocycles. The molecule has 34 heavy (non-hydrogen) atoms. The van der Waals surface area contributed by atoms with E-state index in [2.05, 4.69) is 35.9 Å². The zero-order valence-corrected chi connectivity index (χ0v) is 18.3. The number of hydrogen-bond acceptors (Lipinski definition) is 8. The van der Waals surface area contributed by atoms with Crippen molar-refractivity contribution in [2.75, 3.05) is 0 Å². The third kappa shape index (κ3) is 8.01. The number of primary amides is 1. The number of nitrogens with zero attached hydrogens (tertiary/aromatic N) is 2. The largest absolute Gasteiger partial charge is 0.480 e. The molecular weight excluding hydrogens is 450 g/mol. The van der Waals surface area contributed by atoms with Crippen molar-refractivity contribution in [1.82, 2.24) is 35.9 Å². The first-order valence-electron chi connectivity index (χ1n) is 10.2. The number of carbonyl (C=O) groups is 5. The van der Waals surface area contributed by atoms with Crippen LogP contribution in [0.4, 0.5) is 0 Å². The molecule has 0 aliphatic rings. The van der Waals surface area contributed by atoms with Crippen LogP contribution in [0.1, 0.15) is 24.7 Å². The third-order valence-electron chi connectivity index (χ3n) is 4.72. The van der Waals surface area contributed by atoms with Gasteiger partial charge in [-0.2, -0.15) is 0 Å². The lowest BCUT2D eigenvalue weighted by Crippen LogP contribution is -2.57. The Morgan fingerprint density at radius 1 is 0.912 bits per heavy atom. The van der Waals surface area contributed by atoms with E-state index in [-0.39, 0.29) is 12.8 Å². The zero-order valence-electron chi connectivity index (χ0n) is 18.3. The Labute approximate surface area is 193 Å². The van der Waals surface area contributed by atoms with Crippen LogP contribution in [0.15, 0.2) is 25.0 Å². The molecule has 0 fully saturated rings. The molecule has 0 spiro atoms. The van der Waals surface area contributed by atoms with Crippen LogP contribution in [-0.4, -0.2) is 78.8 Å². The molecule has 10 N–H and O–H groups in total.